The van der Waals surface area contributed by atoms with Crippen molar-refractivity contribution in [1.82, 2.24) is 15.0 Å². The van der Waals surface area contributed by atoms with Crippen molar-refractivity contribution < 1.29 is 22.8 Å². The third kappa shape index (κ3) is 4.52. The first-order chi connectivity index (χ1) is 10.7. The van der Waals surface area contributed by atoms with Crippen LogP contribution in [0.2, 0.25) is 0 Å². The highest BCUT2D eigenvalue weighted by Gasteiger charge is 2.20. The van der Waals surface area contributed by atoms with Crippen LogP contribution < -0.4 is 0 Å². The normalized spacial score (nSPS) is 12.2. The second-order valence-corrected chi connectivity index (χ2v) is 5.88. The first-order valence-electron chi connectivity index (χ1n) is 7.12. The SMILES string of the molecule is CCN(Cc1nc(-c2cc(F)c(F)c(F)c2)no1)CC(C)(C)O. The lowest BCUT2D eigenvalue weighted by Crippen LogP contribution is -2.38. The van der Waals surface area contributed by atoms with Crippen LogP contribution in [0.3, 0.4) is 0 Å². The Morgan fingerprint density at radius 1 is 1.22 bits per heavy atom. The van der Waals surface area contributed by atoms with Crippen LogP contribution in [0.15, 0.2) is 16.7 Å². The van der Waals surface area contributed by atoms with Gasteiger partial charge in [0.05, 0.1) is 12.1 Å². The van der Waals surface area contributed by atoms with Crippen molar-refractivity contribution in [3.8, 4) is 11.4 Å². The van der Waals surface area contributed by atoms with Gasteiger partial charge in [-0.15, -0.1) is 0 Å². The van der Waals surface area contributed by atoms with Gasteiger partial charge in [0, 0.05) is 12.1 Å². The number of rotatable bonds is 6. The fourth-order valence-electron chi connectivity index (χ4n) is 2.14. The zero-order chi connectivity index (χ0) is 17.2. The van der Waals surface area contributed by atoms with Gasteiger partial charge < -0.3 is 9.63 Å². The molecular formula is C15H18F3N3O2. The summed E-state index contributed by atoms with van der Waals surface area (Å²) in [5, 5.41) is 13.5. The minimum Gasteiger partial charge on any atom is -0.389 e. The third-order valence-corrected chi connectivity index (χ3v) is 3.13. The number of nitrogens with zero attached hydrogens (tertiary/aromatic N) is 3. The summed E-state index contributed by atoms with van der Waals surface area (Å²) in [5.74, 6) is -3.97. The highest BCUT2D eigenvalue weighted by molar-refractivity contribution is 5.54. The maximum absolute atomic E-state index is 13.2. The van der Waals surface area contributed by atoms with E-state index < -0.39 is 23.1 Å². The van der Waals surface area contributed by atoms with Gasteiger partial charge in [-0.2, -0.15) is 4.98 Å². The molecule has 8 heteroatoms. The second kappa shape index (κ2) is 6.67. The Kier molecular flexibility index (Phi) is 5.06. The zero-order valence-electron chi connectivity index (χ0n) is 13.1. The van der Waals surface area contributed by atoms with Gasteiger partial charge in [0.2, 0.25) is 11.7 Å². The average Bonchev–Trinajstić information content (AvgIpc) is 2.90. The highest BCUT2D eigenvalue weighted by atomic mass is 19.2. The van der Waals surface area contributed by atoms with Crippen molar-refractivity contribution in [3.63, 3.8) is 0 Å². The summed E-state index contributed by atoms with van der Waals surface area (Å²) in [5.41, 5.74) is -0.899. The van der Waals surface area contributed by atoms with Gasteiger partial charge in [-0.25, -0.2) is 13.2 Å². The molecule has 1 heterocycles. The number of aliphatic hydroxyl groups is 1. The largest absolute Gasteiger partial charge is 0.389 e. The van der Waals surface area contributed by atoms with E-state index in [1.165, 1.54) is 0 Å². The first-order valence-corrected chi connectivity index (χ1v) is 7.12. The second-order valence-electron chi connectivity index (χ2n) is 5.88. The van der Waals surface area contributed by atoms with Crippen LogP contribution in [0.1, 0.15) is 26.7 Å². The van der Waals surface area contributed by atoms with Crippen molar-refractivity contribution in [2.75, 3.05) is 13.1 Å². The van der Waals surface area contributed by atoms with Gasteiger partial charge in [0.1, 0.15) is 0 Å². The maximum Gasteiger partial charge on any atom is 0.241 e. The van der Waals surface area contributed by atoms with Gasteiger partial charge in [-0.05, 0) is 32.5 Å². The molecule has 0 amide bonds. The minimum atomic E-state index is -1.54. The number of likely N-dealkylation sites (N-methyl/N-ethyl adjacent to an activating group) is 1. The molecule has 0 aliphatic heterocycles. The van der Waals surface area contributed by atoms with Crippen LogP contribution in [0.5, 0.6) is 0 Å². The van der Waals surface area contributed by atoms with Crippen molar-refractivity contribution in [1.29, 1.82) is 0 Å². The molecule has 0 atom stereocenters. The van der Waals surface area contributed by atoms with E-state index in [-0.39, 0.29) is 23.8 Å². The molecule has 0 bridgehead atoms. The van der Waals surface area contributed by atoms with Gasteiger partial charge in [-0.1, -0.05) is 12.1 Å². The van der Waals surface area contributed by atoms with E-state index in [1.54, 1.807) is 13.8 Å². The fraction of sp³-hybridized carbons (Fsp3) is 0.467. The minimum absolute atomic E-state index is 0.0121. The molecule has 0 saturated carbocycles. The van der Waals surface area contributed by atoms with Crippen LogP contribution in [-0.4, -0.2) is 38.8 Å². The molecule has 5 nitrogen and oxygen atoms in total. The Morgan fingerprint density at radius 3 is 2.35 bits per heavy atom. The Balaban J connectivity index is 2.17. The van der Waals surface area contributed by atoms with Crippen molar-refractivity contribution in [2.45, 2.75) is 32.9 Å². The predicted octanol–water partition coefficient (Wildman–Crippen LogP) is 2.75. The standard InChI is InChI=1S/C15H18F3N3O2/c1-4-21(8-15(2,3)22)7-12-19-14(20-23-12)9-5-10(16)13(18)11(17)6-9/h5-6,22H,4,7-8H2,1-3H3. The van der Waals surface area contributed by atoms with Gasteiger partial charge in [0.25, 0.3) is 0 Å². The molecule has 0 aliphatic carbocycles. The summed E-state index contributed by atoms with van der Waals surface area (Å²) in [7, 11) is 0. The monoisotopic (exact) mass is 329 g/mol. The van der Waals surface area contributed by atoms with Gasteiger partial charge in [0.15, 0.2) is 17.5 Å². The summed E-state index contributed by atoms with van der Waals surface area (Å²) < 4.78 is 44.5. The molecule has 0 radical (unpaired) electrons. The van der Waals surface area contributed by atoms with Crippen LogP contribution >= 0.6 is 0 Å². The van der Waals surface area contributed by atoms with E-state index in [0.29, 0.717) is 13.1 Å². The van der Waals surface area contributed by atoms with Crippen LogP contribution in [0, 0.1) is 17.5 Å². The number of aromatic nitrogens is 2. The average molecular weight is 329 g/mol. The Labute approximate surface area is 131 Å². The molecule has 0 saturated heterocycles. The van der Waals surface area contributed by atoms with Crippen molar-refractivity contribution in [3.05, 3.63) is 35.5 Å². The summed E-state index contributed by atoms with van der Waals surface area (Å²) in [4.78, 5) is 5.93. The molecule has 0 aliphatic rings. The van der Waals surface area contributed by atoms with Gasteiger partial charge in [-0.3, -0.25) is 4.90 Å². The van der Waals surface area contributed by atoms with E-state index >= 15 is 0 Å². The Hall–Kier alpha value is -1.93. The lowest BCUT2D eigenvalue weighted by atomic mass is 10.1. The molecule has 2 aromatic rings. The Morgan fingerprint density at radius 2 is 1.83 bits per heavy atom. The third-order valence-electron chi connectivity index (χ3n) is 3.13. The molecule has 0 fully saturated rings. The number of hydrogen-bond acceptors (Lipinski definition) is 5. The molecule has 1 aromatic heterocycles. The topological polar surface area (TPSA) is 62.4 Å². The van der Waals surface area contributed by atoms with E-state index in [0.717, 1.165) is 12.1 Å². The molecular weight excluding hydrogens is 311 g/mol. The number of halogens is 3. The summed E-state index contributed by atoms with van der Waals surface area (Å²) >= 11 is 0. The highest BCUT2D eigenvalue weighted by Crippen LogP contribution is 2.22. The summed E-state index contributed by atoms with van der Waals surface area (Å²) in [6.07, 6.45) is 0. The van der Waals surface area contributed by atoms with Crippen LogP contribution in [-0.2, 0) is 6.54 Å². The van der Waals surface area contributed by atoms with E-state index in [1.807, 2.05) is 11.8 Å². The lowest BCUT2D eigenvalue weighted by molar-refractivity contribution is 0.0322. The van der Waals surface area contributed by atoms with Gasteiger partial charge >= 0.3 is 0 Å². The first kappa shape index (κ1) is 17.4. The molecule has 2 rings (SSSR count). The number of benzene rings is 1. The Bertz CT molecular complexity index is 660. The van der Waals surface area contributed by atoms with E-state index in [9.17, 15) is 18.3 Å². The lowest BCUT2D eigenvalue weighted by Gasteiger charge is -2.26. The molecule has 23 heavy (non-hydrogen) atoms. The number of hydrogen-bond donors (Lipinski definition) is 1. The molecule has 1 N–H and O–H groups in total. The zero-order valence-corrected chi connectivity index (χ0v) is 13.1. The molecule has 1 aromatic carbocycles. The predicted molar refractivity (Wildman–Crippen MR) is 76.9 cm³/mol. The molecule has 126 valence electrons. The smallest absolute Gasteiger partial charge is 0.241 e. The maximum atomic E-state index is 13.2. The van der Waals surface area contributed by atoms with E-state index in [4.69, 9.17) is 4.52 Å². The molecule has 0 spiro atoms. The van der Waals surface area contributed by atoms with Crippen molar-refractivity contribution in [2.24, 2.45) is 0 Å². The van der Waals surface area contributed by atoms with E-state index in [2.05, 4.69) is 10.1 Å². The van der Waals surface area contributed by atoms with Crippen molar-refractivity contribution >= 4 is 0 Å². The quantitative estimate of drug-likeness (QED) is 0.826. The molecule has 0 unspecified atom stereocenters. The summed E-state index contributed by atoms with van der Waals surface area (Å²) in [6, 6.07) is 1.61. The fourth-order valence-corrected chi connectivity index (χ4v) is 2.14. The van der Waals surface area contributed by atoms with Crippen LogP contribution in [0.25, 0.3) is 11.4 Å². The van der Waals surface area contributed by atoms with Crippen LogP contribution in [0.4, 0.5) is 13.2 Å². The summed E-state index contributed by atoms with van der Waals surface area (Å²) in [6.45, 7) is 6.58.